The first kappa shape index (κ1) is 26.2. The minimum Gasteiger partial charge on any atom is -0.396 e. The summed E-state index contributed by atoms with van der Waals surface area (Å²) >= 11 is 7.17. The molecule has 2 N–H and O–H groups in total. The number of aliphatic hydroxyl groups is 2. The summed E-state index contributed by atoms with van der Waals surface area (Å²) in [6.07, 6.45) is 0. The van der Waals surface area contributed by atoms with Gasteiger partial charge in [-0.3, -0.25) is 0 Å². The van der Waals surface area contributed by atoms with Gasteiger partial charge in [0.25, 0.3) is 0 Å². The highest BCUT2D eigenvalue weighted by Gasteiger charge is 1.95. The van der Waals surface area contributed by atoms with E-state index in [-0.39, 0.29) is 13.2 Å². The molecule has 0 radical (unpaired) electrons. The van der Waals surface area contributed by atoms with Crippen LogP contribution in [-0.4, -0.2) is 109 Å². The minimum atomic E-state index is 0.248. The fraction of sp³-hybridized carbons (Fsp3) is 1.00. The van der Waals surface area contributed by atoms with Gasteiger partial charge in [-0.05, 0) is 0 Å². The van der Waals surface area contributed by atoms with Crippen molar-refractivity contribution in [1.82, 2.24) is 0 Å². The van der Waals surface area contributed by atoms with Crippen LogP contribution < -0.4 is 0 Å². The third kappa shape index (κ3) is 25.2. The Hall–Kier alpha value is 1.20. The Kier molecular flexibility index (Phi) is 26.4. The SMILES string of the molecule is OCCSCCOCCSCCOCCSCCOCCSCCO. The zero-order valence-corrected chi connectivity index (χ0v) is 18.3. The molecule has 0 saturated carbocycles. The fourth-order valence-corrected chi connectivity index (χ4v) is 4.04. The van der Waals surface area contributed by atoms with E-state index in [1.165, 1.54) is 0 Å². The summed E-state index contributed by atoms with van der Waals surface area (Å²) in [5, 5.41) is 17.3. The lowest BCUT2D eigenvalue weighted by molar-refractivity contribution is 0.163. The first-order valence-corrected chi connectivity index (χ1v) is 13.3. The van der Waals surface area contributed by atoms with Gasteiger partial charge in [0.2, 0.25) is 0 Å². The van der Waals surface area contributed by atoms with E-state index in [4.69, 9.17) is 24.4 Å². The molecule has 0 aromatic rings. The van der Waals surface area contributed by atoms with E-state index in [1.54, 1.807) is 23.5 Å². The smallest absolute Gasteiger partial charge is 0.0557 e. The van der Waals surface area contributed by atoms with Gasteiger partial charge in [-0.1, -0.05) is 0 Å². The van der Waals surface area contributed by atoms with Crippen LogP contribution in [0, 0.1) is 0 Å². The van der Waals surface area contributed by atoms with Gasteiger partial charge in [0.05, 0.1) is 52.9 Å². The van der Waals surface area contributed by atoms with E-state index in [1.807, 2.05) is 23.5 Å². The van der Waals surface area contributed by atoms with Crippen molar-refractivity contribution in [3.8, 4) is 0 Å². The minimum absolute atomic E-state index is 0.248. The fourth-order valence-electron chi connectivity index (χ4n) is 1.55. The summed E-state index contributed by atoms with van der Waals surface area (Å²) in [7, 11) is 0. The summed E-state index contributed by atoms with van der Waals surface area (Å²) in [5.41, 5.74) is 0. The van der Waals surface area contributed by atoms with Crippen LogP contribution in [-0.2, 0) is 14.2 Å². The molecular formula is C16H34O5S4. The largest absolute Gasteiger partial charge is 0.396 e. The summed E-state index contributed by atoms with van der Waals surface area (Å²) in [5.74, 6) is 7.56. The molecule has 0 amide bonds. The second-order valence-corrected chi connectivity index (χ2v) is 9.63. The Labute approximate surface area is 170 Å². The van der Waals surface area contributed by atoms with Gasteiger partial charge in [0.15, 0.2) is 0 Å². The van der Waals surface area contributed by atoms with E-state index in [9.17, 15) is 0 Å². The van der Waals surface area contributed by atoms with Crippen LogP contribution in [0.5, 0.6) is 0 Å². The van der Waals surface area contributed by atoms with Crippen molar-refractivity contribution < 1.29 is 24.4 Å². The Balaban J connectivity index is 2.94. The third-order valence-electron chi connectivity index (χ3n) is 2.70. The molecule has 0 aliphatic rings. The molecule has 0 aromatic heterocycles. The molecule has 5 nitrogen and oxygen atoms in total. The number of hydrogen-bond acceptors (Lipinski definition) is 9. The maximum absolute atomic E-state index is 8.63. The van der Waals surface area contributed by atoms with Crippen LogP contribution in [0.4, 0.5) is 0 Å². The standard InChI is InChI=1S/C16H34O5S4/c17-1-9-22-11-3-19-5-13-24-15-7-21-8-16-25-14-6-20-4-12-23-10-2-18/h17-18H,1-16H2. The summed E-state index contributed by atoms with van der Waals surface area (Å²) in [6, 6.07) is 0. The predicted octanol–water partition coefficient (Wildman–Crippen LogP) is 1.95. The molecule has 9 heteroatoms. The summed E-state index contributed by atoms with van der Waals surface area (Å²) in [4.78, 5) is 0. The van der Waals surface area contributed by atoms with Crippen molar-refractivity contribution in [1.29, 1.82) is 0 Å². The van der Waals surface area contributed by atoms with E-state index >= 15 is 0 Å². The van der Waals surface area contributed by atoms with Crippen LogP contribution in [0.1, 0.15) is 0 Å². The van der Waals surface area contributed by atoms with Gasteiger partial charge < -0.3 is 24.4 Å². The number of rotatable bonds is 22. The van der Waals surface area contributed by atoms with Gasteiger partial charge in [-0.15, -0.1) is 0 Å². The monoisotopic (exact) mass is 434 g/mol. The molecule has 0 saturated heterocycles. The molecule has 152 valence electrons. The Morgan fingerprint density at radius 1 is 0.400 bits per heavy atom. The average Bonchev–Trinajstić information content (AvgIpc) is 2.63. The Bertz CT molecular complexity index is 219. The van der Waals surface area contributed by atoms with Gasteiger partial charge >= 0.3 is 0 Å². The number of hydrogen-bond donors (Lipinski definition) is 2. The lowest BCUT2D eigenvalue weighted by Crippen LogP contribution is -2.06. The molecule has 0 bridgehead atoms. The molecule has 0 atom stereocenters. The maximum atomic E-state index is 8.63. The van der Waals surface area contributed by atoms with Crippen molar-refractivity contribution in [2.24, 2.45) is 0 Å². The normalized spacial score (nSPS) is 11.3. The zero-order chi connectivity index (χ0) is 18.3. The molecule has 0 aromatic carbocycles. The van der Waals surface area contributed by atoms with Crippen molar-refractivity contribution in [2.45, 2.75) is 0 Å². The van der Waals surface area contributed by atoms with Crippen molar-refractivity contribution >= 4 is 47.0 Å². The van der Waals surface area contributed by atoms with E-state index in [0.717, 1.165) is 85.7 Å². The van der Waals surface area contributed by atoms with Crippen molar-refractivity contribution in [3.63, 3.8) is 0 Å². The van der Waals surface area contributed by atoms with Gasteiger partial charge in [-0.25, -0.2) is 0 Å². The molecule has 0 aliphatic carbocycles. The second kappa shape index (κ2) is 25.2. The van der Waals surface area contributed by atoms with Gasteiger partial charge in [0.1, 0.15) is 0 Å². The first-order valence-electron chi connectivity index (χ1n) is 8.67. The van der Waals surface area contributed by atoms with Crippen molar-refractivity contribution in [2.75, 3.05) is 98.9 Å². The molecule has 0 rings (SSSR count). The highest BCUT2D eigenvalue weighted by molar-refractivity contribution is 7.99. The molecule has 0 fully saturated rings. The quantitative estimate of drug-likeness (QED) is 0.249. The van der Waals surface area contributed by atoms with Crippen LogP contribution in [0.3, 0.4) is 0 Å². The van der Waals surface area contributed by atoms with Crippen LogP contribution in [0.15, 0.2) is 0 Å². The van der Waals surface area contributed by atoms with E-state index < -0.39 is 0 Å². The molecule has 0 aliphatic heterocycles. The van der Waals surface area contributed by atoms with Crippen LogP contribution >= 0.6 is 47.0 Å². The Morgan fingerprint density at radius 2 is 0.640 bits per heavy atom. The second-order valence-electron chi connectivity index (χ2n) is 4.73. The van der Waals surface area contributed by atoms with Crippen molar-refractivity contribution in [3.05, 3.63) is 0 Å². The topological polar surface area (TPSA) is 68.2 Å². The van der Waals surface area contributed by atoms with E-state index in [2.05, 4.69) is 0 Å². The van der Waals surface area contributed by atoms with Gasteiger partial charge in [-0.2, -0.15) is 47.0 Å². The highest BCUT2D eigenvalue weighted by Crippen LogP contribution is 2.03. The number of thioether (sulfide) groups is 4. The van der Waals surface area contributed by atoms with Crippen LogP contribution in [0.25, 0.3) is 0 Å². The van der Waals surface area contributed by atoms with Crippen LogP contribution in [0.2, 0.25) is 0 Å². The molecule has 0 heterocycles. The lowest BCUT2D eigenvalue weighted by Gasteiger charge is -2.06. The van der Waals surface area contributed by atoms with E-state index in [0.29, 0.717) is 0 Å². The molecular weight excluding hydrogens is 400 g/mol. The first-order chi connectivity index (χ1) is 12.4. The zero-order valence-electron chi connectivity index (χ0n) is 15.1. The highest BCUT2D eigenvalue weighted by atomic mass is 32.2. The number of ether oxygens (including phenoxy) is 3. The average molecular weight is 435 g/mol. The maximum Gasteiger partial charge on any atom is 0.0557 e. The summed E-state index contributed by atoms with van der Waals surface area (Å²) in [6.45, 7) is 5.22. The predicted molar refractivity (Wildman–Crippen MR) is 116 cm³/mol. The molecule has 0 unspecified atom stereocenters. The lowest BCUT2D eigenvalue weighted by atomic mass is 10.8. The third-order valence-corrected chi connectivity index (χ3v) is 6.38. The molecule has 0 spiro atoms. The summed E-state index contributed by atoms with van der Waals surface area (Å²) < 4.78 is 16.6. The van der Waals surface area contributed by atoms with Gasteiger partial charge in [0, 0.05) is 46.0 Å². The number of aliphatic hydroxyl groups excluding tert-OH is 2. The molecule has 25 heavy (non-hydrogen) atoms. The Morgan fingerprint density at radius 3 is 0.880 bits per heavy atom.